The summed E-state index contributed by atoms with van der Waals surface area (Å²) in [5.41, 5.74) is 1.48. The van der Waals surface area contributed by atoms with Crippen molar-refractivity contribution in [1.82, 2.24) is 5.32 Å². The zero-order chi connectivity index (χ0) is 18.2. The number of aryl methyl sites for hydroxylation is 1. The minimum Gasteiger partial charge on any atom is -0.493 e. The number of amides is 1. The lowest BCUT2D eigenvalue weighted by Gasteiger charge is -2.12. The van der Waals surface area contributed by atoms with E-state index >= 15 is 0 Å². The molecule has 0 fully saturated rings. The van der Waals surface area contributed by atoms with Crippen molar-refractivity contribution in [2.24, 2.45) is 0 Å². The number of carbonyl (C=O) groups excluding carboxylic acids is 1. The average molecular weight is 361 g/mol. The van der Waals surface area contributed by atoms with Crippen LogP contribution in [0.4, 0.5) is 4.39 Å². The fraction of sp³-hybridized carbons (Fsp3) is 0.263. The summed E-state index contributed by atoms with van der Waals surface area (Å²) in [6, 6.07) is 12.0. The van der Waals surface area contributed by atoms with Crippen molar-refractivity contribution in [2.45, 2.75) is 25.8 Å². The van der Waals surface area contributed by atoms with E-state index in [1.54, 1.807) is 12.1 Å². The maximum absolute atomic E-state index is 12.9. The maximum Gasteiger partial charge on any atom is 0.221 e. The third-order valence-corrected chi connectivity index (χ3v) is 3.82. The number of carbonyl (C=O) groups is 1. The molecule has 25 heavy (non-hydrogen) atoms. The monoisotopic (exact) mass is 360 g/mol. The minimum atomic E-state index is -0.799. The van der Waals surface area contributed by atoms with Crippen LogP contribution in [0.1, 0.15) is 30.0 Å². The normalized spacial score (nSPS) is 11.4. The Morgan fingerprint density at radius 1 is 1.32 bits per heavy atom. The minimum absolute atomic E-state index is 0.228. The third kappa shape index (κ3) is 5.77. The first-order chi connectivity index (χ1) is 12.0. The molecule has 1 amide bonds. The van der Waals surface area contributed by atoms with Gasteiger partial charge in [0.1, 0.15) is 17.6 Å². The van der Waals surface area contributed by atoms with Crippen LogP contribution in [0.15, 0.2) is 42.5 Å². The summed E-state index contributed by atoms with van der Waals surface area (Å²) in [6.07, 6.45) is 0.738. The Bertz CT molecular complexity index is 772. The Labute approximate surface area is 151 Å². The molecule has 0 aliphatic rings. The molecule has 0 saturated carbocycles. The molecule has 4 nitrogen and oxygen atoms in total. The van der Waals surface area contributed by atoms with Gasteiger partial charge in [0.15, 0.2) is 0 Å². The first kappa shape index (κ1) is 18.8. The van der Waals surface area contributed by atoms with Gasteiger partial charge in [0, 0.05) is 11.4 Å². The van der Waals surface area contributed by atoms with Gasteiger partial charge in [-0.2, -0.15) is 5.26 Å². The van der Waals surface area contributed by atoms with Crippen LogP contribution < -0.4 is 10.1 Å². The highest BCUT2D eigenvalue weighted by molar-refractivity contribution is 6.30. The predicted molar refractivity (Wildman–Crippen MR) is 93.8 cm³/mol. The molecule has 6 heteroatoms. The van der Waals surface area contributed by atoms with E-state index in [2.05, 4.69) is 5.32 Å². The molecule has 130 valence electrons. The lowest BCUT2D eigenvalue weighted by Crippen LogP contribution is -2.27. The molecule has 0 spiro atoms. The van der Waals surface area contributed by atoms with E-state index in [0.717, 1.165) is 11.3 Å². The van der Waals surface area contributed by atoms with Gasteiger partial charge < -0.3 is 10.1 Å². The van der Waals surface area contributed by atoms with E-state index < -0.39 is 6.04 Å². The highest BCUT2D eigenvalue weighted by Gasteiger charge is 2.13. The van der Waals surface area contributed by atoms with Crippen LogP contribution in [0.2, 0.25) is 5.02 Å². The Morgan fingerprint density at radius 3 is 2.68 bits per heavy atom. The second-order valence-corrected chi connectivity index (χ2v) is 5.98. The first-order valence-electron chi connectivity index (χ1n) is 7.83. The second-order valence-electron chi connectivity index (χ2n) is 5.54. The van der Waals surface area contributed by atoms with Crippen molar-refractivity contribution in [3.63, 3.8) is 0 Å². The van der Waals surface area contributed by atoms with E-state index in [4.69, 9.17) is 16.3 Å². The van der Waals surface area contributed by atoms with E-state index in [0.29, 0.717) is 23.6 Å². The molecule has 0 bridgehead atoms. The maximum atomic E-state index is 12.9. The molecular formula is C19H18ClFN2O2. The molecule has 2 aromatic carbocycles. The summed E-state index contributed by atoms with van der Waals surface area (Å²) in [5, 5.41) is 12.4. The average Bonchev–Trinajstić information content (AvgIpc) is 2.59. The fourth-order valence-electron chi connectivity index (χ4n) is 2.27. The largest absolute Gasteiger partial charge is 0.493 e. The van der Waals surface area contributed by atoms with Gasteiger partial charge >= 0.3 is 0 Å². The summed E-state index contributed by atoms with van der Waals surface area (Å²) in [5.74, 6) is 0.0831. The summed E-state index contributed by atoms with van der Waals surface area (Å²) in [4.78, 5) is 12.0. The third-order valence-electron chi connectivity index (χ3n) is 3.58. The highest BCUT2D eigenvalue weighted by atomic mass is 35.5. The van der Waals surface area contributed by atoms with Gasteiger partial charge in [-0.05, 0) is 54.8 Å². The number of rotatable bonds is 7. The number of nitrogens with zero attached hydrogens (tertiary/aromatic N) is 1. The second kappa shape index (κ2) is 9.05. The lowest BCUT2D eigenvalue weighted by atomic mass is 10.1. The van der Waals surface area contributed by atoms with Gasteiger partial charge in [0.2, 0.25) is 5.91 Å². The standard InChI is InChI=1S/C19H18ClFN2O2/c1-13-11-15(20)6-9-18(13)25-10-2-3-19(24)23-17(12-22)14-4-7-16(21)8-5-14/h4-9,11,17H,2-3,10H2,1H3,(H,23,24)/t17-/m0/s1. The molecule has 1 atom stereocenters. The molecule has 0 aromatic heterocycles. The van der Waals surface area contributed by atoms with Gasteiger partial charge in [-0.1, -0.05) is 23.7 Å². The molecule has 0 radical (unpaired) electrons. The number of hydrogen-bond acceptors (Lipinski definition) is 3. The van der Waals surface area contributed by atoms with Gasteiger partial charge in [0.25, 0.3) is 0 Å². The van der Waals surface area contributed by atoms with E-state index in [1.807, 2.05) is 19.1 Å². The summed E-state index contributed by atoms with van der Waals surface area (Å²) >= 11 is 5.89. The quantitative estimate of drug-likeness (QED) is 0.747. The smallest absolute Gasteiger partial charge is 0.221 e. The van der Waals surface area contributed by atoms with Gasteiger partial charge in [-0.15, -0.1) is 0 Å². The van der Waals surface area contributed by atoms with Gasteiger partial charge in [-0.3, -0.25) is 4.79 Å². The zero-order valence-corrected chi connectivity index (χ0v) is 14.5. The molecule has 1 N–H and O–H groups in total. The predicted octanol–water partition coefficient (Wildman–Crippen LogP) is 4.33. The summed E-state index contributed by atoms with van der Waals surface area (Å²) in [6.45, 7) is 2.28. The Morgan fingerprint density at radius 2 is 2.04 bits per heavy atom. The van der Waals surface area contributed by atoms with Crippen molar-refractivity contribution in [2.75, 3.05) is 6.61 Å². The van der Waals surface area contributed by atoms with Crippen LogP contribution in [0.3, 0.4) is 0 Å². The van der Waals surface area contributed by atoms with Crippen LogP contribution in [0, 0.1) is 24.1 Å². The molecule has 0 aliphatic carbocycles. The molecule has 0 saturated heterocycles. The highest BCUT2D eigenvalue weighted by Crippen LogP contribution is 2.22. The SMILES string of the molecule is Cc1cc(Cl)ccc1OCCCC(=O)N[C@@H](C#N)c1ccc(F)cc1. The van der Waals surface area contributed by atoms with Crippen LogP contribution in [-0.4, -0.2) is 12.5 Å². The van der Waals surface area contributed by atoms with Crippen molar-refractivity contribution in [1.29, 1.82) is 5.26 Å². The number of nitriles is 1. The van der Waals surface area contributed by atoms with Crippen molar-refractivity contribution >= 4 is 17.5 Å². The number of ether oxygens (including phenoxy) is 1. The van der Waals surface area contributed by atoms with Gasteiger partial charge in [0.05, 0.1) is 12.7 Å². The summed E-state index contributed by atoms with van der Waals surface area (Å²) in [7, 11) is 0. The lowest BCUT2D eigenvalue weighted by molar-refractivity contribution is -0.121. The molecule has 2 rings (SSSR count). The van der Waals surface area contributed by atoms with E-state index in [1.165, 1.54) is 24.3 Å². The number of halogens is 2. The van der Waals surface area contributed by atoms with Crippen molar-refractivity contribution in [3.05, 3.63) is 64.4 Å². The Hall–Kier alpha value is -2.58. The number of nitrogens with one attached hydrogen (secondary N) is 1. The van der Waals surface area contributed by atoms with Crippen molar-refractivity contribution in [3.8, 4) is 11.8 Å². The topological polar surface area (TPSA) is 62.1 Å². The molecule has 2 aromatic rings. The van der Waals surface area contributed by atoms with Crippen LogP contribution in [0.5, 0.6) is 5.75 Å². The number of hydrogen-bond donors (Lipinski definition) is 1. The Balaban J connectivity index is 1.78. The van der Waals surface area contributed by atoms with E-state index in [-0.39, 0.29) is 18.1 Å². The molecular weight excluding hydrogens is 343 g/mol. The van der Waals surface area contributed by atoms with Gasteiger partial charge in [-0.25, -0.2) is 4.39 Å². The molecule has 0 heterocycles. The summed E-state index contributed by atoms with van der Waals surface area (Å²) < 4.78 is 18.5. The molecule has 0 unspecified atom stereocenters. The van der Waals surface area contributed by atoms with Crippen LogP contribution in [0.25, 0.3) is 0 Å². The molecule has 0 aliphatic heterocycles. The van der Waals surface area contributed by atoms with Crippen molar-refractivity contribution < 1.29 is 13.9 Å². The zero-order valence-electron chi connectivity index (χ0n) is 13.8. The Kier molecular flexibility index (Phi) is 6.79. The van der Waals surface area contributed by atoms with Crippen LogP contribution >= 0.6 is 11.6 Å². The van der Waals surface area contributed by atoms with Crippen LogP contribution in [-0.2, 0) is 4.79 Å². The number of benzene rings is 2. The first-order valence-corrected chi connectivity index (χ1v) is 8.21. The fourth-order valence-corrected chi connectivity index (χ4v) is 2.49. The van der Waals surface area contributed by atoms with E-state index in [9.17, 15) is 14.4 Å².